The van der Waals surface area contributed by atoms with E-state index in [1.54, 1.807) is 35.4 Å². The molecule has 0 aliphatic rings. The van der Waals surface area contributed by atoms with Gasteiger partial charge in [-0.1, -0.05) is 0 Å². The van der Waals surface area contributed by atoms with E-state index in [1.165, 1.54) is 21.3 Å². The molecule has 2 heterocycles. The molecule has 0 spiro atoms. The van der Waals surface area contributed by atoms with Crippen LogP contribution in [0.15, 0.2) is 42.9 Å². The van der Waals surface area contributed by atoms with Crippen LogP contribution in [0.3, 0.4) is 0 Å². The van der Waals surface area contributed by atoms with Crippen LogP contribution in [0.5, 0.6) is 17.2 Å². The molecule has 1 aromatic carbocycles. The summed E-state index contributed by atoms with van der Waals surface area (Å²) in [6.45, 7) is 0.328. The van der Waals surface area contributed by atoms with Gasteiger partial charge in [0.05, 0.1) is 27.0 Å². The molecule has 1 N–H and O–H groups in total. The van der Waals surface area contributed by atoms with Crippen LogP contribution in [0.2, 0.25) is 0 Å². The van der Waals surface area contributed by atoms with Crippen LogP contribution in [-0.2, 0) is 13.6 Å². The molecule has 0 saturated heterocycles. The lowest BCUT2D eigenvalue weighted by molar-refractivity contribution is 0.0950. The minimum atomic E-state index is -0.259. The van der Waals surface area contributed by atoms with Crippen molar-refractivity contribution < 1.29 is 19.0 Å². The topological polar surface area (TPSA) is 87.5 Å². The van der Waals surface area contributed by atoms with Gasteiger partial charge in [-0.25, -0.2) is 0 Å². The Morgan fingerprint density at radius 2 is 1.79 bits per heavy atom. The van der Waals surface area contributed by atoms with Crippen LogP contribution in [0.4, 0.5) is 0 Å². The van der Waals surface area contributed by atoms with Crippen molar-refractivity contribution in [3.63, 3.8) is 0 Å². The number of nitrogens with zero attached hydrogens (tertiary/aromatic N) is 3. The summed E-state index contributed by atoms with van der Waals surface area (Å²) in [6.07, 6.45) is 5.21. The van der Waals surface area contributed by atoms with Gasteiger partial charge < -0.3 is 19.5 Å². The summed E-state index contributed by atoms with van der Waals surface area (Å²) in [4.78, 5) is 16.9. The molecule has 2 aromatic heterocycles. The fraction of sp³-hybridized carbons (Fsp3) is 0.250. The number of benzene rings is 1. The van der Waals surface area contributed by atoms with E-state index in [2.05, 4.69) is 15.4 Å². The van der Waals surface area contributed by atoms with Crippen LogP contribution >= 0.6 is 0 Å². The van der Waals surface area contributed by atoms with Crippen LogP contribution in [0.1, 0.15) is 15.9 Å². The molecule has 1 amide bonds. The molecule has 3 aromatic rings. The van der Waals surface area contributed by atoms with Crippen molar-refractivity contribution in [3.8, 4) is 28.5 Å². The lowest BCUT2D eigenvalue weighted by Gasteiger charge is -2.14. The molecule has 28 heavy (non-hydrogen) atoms. The Balaban J connectivity index is 1.77. The van der Waals surface area contributed by atoms with Crippen molar-refractivity contribution in [1.82, 2.24) is 20.1 Å². The van der Waals surface area contributed by atoms with Crippen LogP contribution in [0.25, 0.3) is 11.3 Å². The van der Waals surface area contributed by atoms with Gasteiger partial charge in [-0.15, -0.1) is 0 Å². The summed E-state index contributed by atoms with van der Waals surface area (Å²) in [5.74, 6) is 1.03. The first kappa shape index (κ1) is 19.2. The number of ether oxygens (including phenoxy) is 3. The first-order valence-corrected chi connectivity index (χ1v) is 8.58. The Labute approximate surface area is 163 Å². The van der Waals surface area contributed by atoms with Gasteiger partial charge in [-0.2, -0.15) is 5.10 Å². The third-order valence-corrected chi connectivity index (χ3v) is 4.29. The Morgan fingerprint density at radius 1 is 1.07 bits per heavy atom. The second-order valence-corrected chi connectivity index (χ2v) is 6.02. The van der Waals surface area contributed by atoms with Gasteiger partial charge in [-0.05, 0) is 29.8 Å². The van der Waals surface area contributed by atoms with E-state index in [4.69, 9.17) is 14.2 Å². The van der Waals surface area contributed by atoms with Gasteiger partial charge in [0.1, 0.15) is 0 Å². The van der Waals surface area contributed by atoms with Gasteiger partial charge >= 0.3 is 0 Å². The van der Waals surface area contributed by atoms with Crippen molar-refractivity contribution in [2.45, 2.75) is 6.54 Å². The zero-order valence-electron chi connectivity index (χ0n) is 16.2. The molecule has 0 unspecified atom stereocenters. The van der Waals surface area contributed by atoms with E-state index in [1.807, 2.05) is 19.2 Å². The third kappa shape index (κ3) is 3.90. The van der Waals surface area contributed by atoms with Crippen LogP contribution in [0, 0.1) is 0 Å². The zero-order valence-corrected chi connectivity index (χ0v) is 16.2. The summed E-state index contributed by atoms with van der Waals surface area (Å²) in [5, 5.41) is 7.06. The highest BCUT2D eigenvalue weighted by molar-refractivity contribution is 5.95. The number of amides is 1. The first-order valence-electron chi connectivity index (χ1n) is 8.58. The minimum Gasteiger partial charge on any atom is -0.493 e. The molecule has 0 aliphatic carbocycles. The number of aryl methyl sites for hydroxylation is 1. The van der Waals surface area contributed by atoms with Crippen LogP contribution < -0.4 is 19.5 Å². The zero-order chi connectivity index (χ0) is 20.1. The Morgan fingerprint density at radius 3 is 2.36 bits per heavy atom. The number of methoxy groups -OCH3 is 3. The van der Waals surface area contributed by atoms with Gasteiger partial charge in [0, 0.05) is 43.3 Å². The molecule has 3 rings (SSSR count). The standard InChI is InChI=1S/C20H22N4O4/c1-24-16(5-6-23-24)15-7-13(10-21-12-15)11-22-20(25)14-8-17(26-2)19(28-4)18(9-14)27-3/h5-10,12H,11H2,1-4H3,(H,22,25). The maximum absolute atomic E-state index is 12.6. The predicted octanol–water partition coefficient (Wildman–Crippen LogP) is 2.44. The van der Waals surface area contributed by atoms with Crippen molar-refractivity contribution in [2.75, 3.05) is 21.3 Å². The fourth-order valence-corrected chi connectivity index (χ4v) is 2.88. The smallest absolute Gasteiger partial charge is 0.251 e. The monoisotopic (exact) mass is 382 g/mol. The van der Waals surface area contributed by atoms with E-state index < -0.39 is 0 Å². The number of carbonyl (C=O) groups is 1. The summed E-state index contributed by atoms with van der Waals surface area (Å²) in [7, 11) is 6.40. The summed E-state index contributed by atoms with van der Waals surface area (Å²) in [6, 6.07) is 7.11. The number of carbonyl (C=O) groups excluding carboxylic acids is 1. The molecule has 0 saturated carbocycles. The van der Waals surface area contributed by atoms with E-state index >= 15 is 0 Å². The lowest BCUT2D eigenvalue weighted by Crippen LogP contribution is -2.23. The van der Waals surface area contributed by atoms with Crippen molar-refractivity contribution >= 4 is 5.91 Å². The first-order chi connectivity index (χ1) is 13.6. The molecule has 0 radical (unpaired) electrons. The second kappa shape index (κ2) is 8.43. The minimum absolute atomic E-state index is 0.259. The number of aromatic nitrogens is 3. The number of pyridine rings is 1. The van der Waals surface area contributed by atoms with E-state index in [-0.39, 0.29) is 5.91 Å². The highest BCUT2D eigenvalue weighted by Crippen LogP contribution is 2.38. The van der Waals surface area contributed by atoms with Crippen molar-refractivity contribution in [3.05, 3.63) is 54.0 Å². The highest BCUT2D eigenvalue weighted by atomic mass is 16.5. The van der Waals surface area contributed by atoms with Gasteiger partial charge in [-0.3, -0.25) is 14.5 Å². The van der Waals surface area contributed by atoms with Crippen molar-refractivity contribution in [1.29, 1.82) is 0 Å². The van der Waals surface area contributed by atoms with E-state index in [9.17, 15) is 4.79 Å². The molecule has 0 fully saturated rings. The molecule has 0 bridgehead atoms. The average molecular weight is 382 g/mol. The lowest BCUT2D eigenvalue weighted by atomic mass is 10.1. The molecule has 0 atom stereocenters. The normalized spacial score (nSPS) is 10.4. The quantitative estimate of drug-likeness (QED) is 0.675. The average Bonchev–Trinajstić information content (AvgIpc) is 3.16. The SMILES string of the molecule is COc1cc(C(=O)NCc2cncc(-c3ccnn3C)c2)cc(OC)c1OC. The largest absolute Gasteiger partial charge is 0.493 e. The number of nitrogens with one attached hydrogen (secondary N) is 1. The second-order valence-electron chi connectivity index (χ2n) is 6.02. The number of hydrogen-bond donors (Lipinski definition) is 1. The molecule has 0 aliphatic heterocycles. The number of rotatable bonds is 7. The molecule has 146 valence electrons. The van der Waals surface area contributed by atoms with Gasteiger partial charge in [0.15, 0.2) is 11.5 Å². The summed E-state index contributed by atoms with van der Waals surface area (Å²) < 4.78 is 17.7. The third-order valence-electron chi connectivity index (χ3n) is 4.29. The predicted molar refractivity (Wildman–Crippen MR) is 104 cm³/mol. The fourth-order valence-electron chi connectivity index (χ4n) is 2.88. The maximum Gasteiger partial charge on any atom is 0.251 e. The van der Waals surface area contributed by atoms with Crippen molar-refractivity contribution in [2.24, 2.45) is 7.05 Å². The Hall–Kier alpha value is -3.55. The Bertz CT molecular complexity index is 959. The van der Waals surface area contributed by atoms with E-state index in [0.717, 1.165) is 16.8 Å². The van der Waals surface area contributed by atoms with Crippen LogP contribution in [-0.4, -0.2) is 42.0 Å². The summed E-state index contributed by atoms with van der Waals surface area (Å²) in [5.41, 5.74) is 3.16. The molecular formula is C20H22N4O4. The van der Waals surface area contributed by atoms with Gasteiger partial charge in [0.2, 0.25) is 5.75 Å². The van der Waals surface area contributed by atoms with E-state index in [0.29, 0.717) is 29.4 Å². The highest BCUT2D eigenvalue weighted by Gasteiger charge is 2.17. The molecular weight excluding hydrogens is 360 g/mol. The number of hydrogen-bond acceptors (Lipinski definition) is 6. The summed E-state index contributed by atoms with van der Waals surface area (Å²) >= 11 is 0. The maximum atomic E-state index is 12.6. The Kier molecular flexibility index (Phi) is 5.78. The van der Waals surface area contributed by atoms with Gasteiger partial charge in [0.25, 0.3) is 5.91 Å². The molecule has 8 heteroatoms. The molecule has 8 nitrogen and oxygen atoms in total.